The molecule has 1 aliphatic heterocycles. The Hall–Kier alpha value is -4.79. The van der Waals surface area contributed by atoms with Gasteiger partial charge < -0.3 is 28.8 Å². The number of carbonyl (C=O) groups is 2. The number of hydrogen-bond acceptors (Lipinski definition) is 9. The molecule has 9 nitrogen and oxygen atoms in total. The molecule has 0 aliphatic carbocycles. The number of rotatable bonds is 5. The van der Waals surface area contributed by atoms with E-state index < -0.39 is 29.0 Å². The monoisotopic (exact) mass is 488 g/mol. The highest BCUT2D eigenvalue weighted by Crippen LogP contribution is 2.47. The van der Waals surface area contributed by atoms with Crippen molar-refractivity contribution >= 4 is 22.9 Å². The Bertz CT molecular complexity index is 1550. The summed E-state index contributed by atoms with van der Waals surface area (Å²) in [4.78, 5) is 37.5. The molecule has 9 heteroatoms. The van der Waals surface area contributed by atoms with E-state index in [9.17, 15) is 24.6 Å². The van der Waals surface area contributed by atoms with Crippen molar-refractivity contribution in [1.82, 2.24) is 0 Å². The Morgan fingerprint density at radius 1 is 1.08 bits per heavy atom. The first-order valence-corrected chi connectivity index (χ1v) is 11.0. The number of methoxy groups -OCH3 is 1. The van der Waals surface area contributed by atoms with Gasteiger partial charge in [-0.05, 0) is 23.8 Å². The second kappa shape index (κ2) is 9.10. The molecule has 1 aromatic heterocycles. The average Bonchev–Trinajstić information content (AvgIpc) is 2.87. The van der Waals surface area contributed by atoms with Gasteiger partial charge in [0.2, 0.25) is 5.43 Å². The summed E-state index contributed by atoms with van der Waals surface area (Å²) in [5.41, 5.74) is 1.21. The van der Waals surface area contributed by atoms with Crippen LogP contribution in [0.1, 0.15) is 23.5 Å². The smallest absolute Gasteiger partial charge is 0.343 e. The molecule has 2 heterocycles. The van der Waals surface area contributed by atoms with Gasteiger partial charge in [0.05, 0.1) is 19.1 Å². The van der Waals surface area contributed by atoms with Gasteiger partial charge in [-0.25, -0.2) is 4.79 Å². The molecule has 182 valence electrons. The molecule has 1 atom stereocenters. The normalized spacial score (nSPS) is 14.7. The Morgan fingerprint density at radius 3 is 2.58 bits per heavy atom. The number of ether oxygens (including phenoxy) is 3. The van der Waals surface area contributed by atoms with Gasteiger partial charge >= 0.3 is 11.9 Å². The third kappa shape index (κ3) is 4.00. The molecule has 4 aromatic rings. The first-order valence-electron chi connectivity index (χ1n) is 11.0. The SMILES string of the molecule is COC(=O)COc1ccccc1C1CC(=O)Oc2cc(O)c3c(=O)c(-c4ccc(O)cc4)coc3c21. The third-order valence-electron chi connectivity index (χ3n) is 6.02. The van der Waals surface area contributed by atoms with Crippen LogP contribution >= 0.6 is 0 Å². The number of benzene rings is 3. The van der Waals surface area contributed by atoms with Crippen LogP contribution in [-0.4, -0.2) is 35.9 Å². The quantitative estimate of drug-likeness (QED) is 0.317. The van der Waals surface area contributed by atoms with Crippen molar-refractivity contribution in [3.63, 3.8) is 0 Å². The largest absolute Gasteiger partial charge is 0.508 e. The zero-order valence-corrected chi connectivity index (χ0v) is 19.0. The van der Waals surface area contributed by atoms with Crippen molar-refractivity contribution < 1.29 is 38.4 Å². The summed E-state index contributed by atoms with van der Waals surface area (Å²) >= 11 is 0. The van der Waals surface area contributed by atoms with Crippen LogP contribution in [-0.2, 0) is 14.3 Å². The Morgan fingerprint density at radius 2 is 1.83 bits per heavy atom. The van der Waals surface area contributed by atoms with Crippen molar-refractivity contribution in [2.75, 3.05) is 13.7 Å². The highest BCUT2D eigenvalue weighted by molar-refractivity contribution is 5.94. The van der Waals surface area contributed by atoms with Crippen molar-refractivity contribution in [1.29, 1.82) is 0 Å². The number of esters is 2. The van der Waals surface area contributed by atoms with Crippen LogP contribution in [0.2, 0.25) is 0 Å². The predicted molar refractivity (Wildman–Crippen MR) is 127 cm³/mol. The molecule has 2 N–H and O–H groups in total. The number of phenolic OH excluding ortho intramolecular Hbond substituents is 2. The van der Waals surface area contributed by atoms with E-state index in [0.717, 1.165) is 0 Å². The minimum Gasteiger partial charge on any atom is -0.508 e. The summed E-state index contributed by atoms with van der Waals surface area (Å²) in [5, 5.41) is 20.2. The Balaban J connectivity index is 1.70. The Labute approximate surface area is 204 Å². The van der Waals surface area contributed by atoms with Crippen LogP contribution in [0, 0.1) is 0 Å². The third-order valence-corrected chi connectivity index (χ3v) is 6.02. The van der Waals surface area contributed by atoms with Gasteiger partial charge in [-0.3, -0.25) is 9.59 Å². The molecule has 0 saturated heterocycles. The first-order chi connectivity index (χ1) is 17.4. The summed E-state index contributed by atoms with van der Waals surface area (Å²) < 4.78 is 21.6. The summed E-state index contributed by atoms with van der Waals surface area (Å²) in [6.45, 7) is -0.334. The minimum absolute atomic E-state index is 0.0404. The van der Waals surface area contributed by atoms with Crippen LogP contribution in [0.3, 0.4) is 0 Å². The van der Waals surface area contributed by atoms with E-state index in [2.05, 4.69) is 4.74 Å². The molecular weight excluding hydrogens is 468 g/mol. The summed E-state index contributed by atoms with van der Waals surface area (Å²) in [6, 6.07) is 14.1. The lowest BCUT2D eigenvalue weighted by Gasteiger charge is -2.27. The van der Waals surface area contributed by atoms with E-state index in [4.69, 9.17) is 13.9 Å². The molecule has 1 unspecified atom stereocenters. The number of hydrogen-bond donors (Lipinski definition) is 2. The average molecular weight is 488 g/mol. The standard InChI is InChI=1S/C27H20O9/c1-33-23(31)13-34-20-5-3-2-4-16(20)17-10-22(30)36-21-11-19(29)25-26(32)18(12-35-27(25)24(17)21)14-6-8-15(28)9-7-14/h2-9,11-12,17,28-29H,10,13H2,1H3. The fourth-order valence-electron chi connectivity index (χ4n) is 4.33. The zero-order chi connectivity index (χ0) is 25.4. The van der Waals surface area contributed by atoms with Crippen molar-refractivity contribution in [3.05, 3.63) is 82.2 Å². The van der Waals surface area contributed by atoms with Gasteiger partial charge in [-0.1, -0.05) is 30.3 Å². The highest BCUT2D eigenvalue weighted by Gasteiger charge is 2.35. The first kappa shape index (κ1) is 23.0. The lowest BCUT2D eigenvalue weighted by Crippen LogP contribution is -2.23. The van der Waals surface area contributed by atoms with Crippen LogP contribution in [0.5, 0.6) is 23.0 Å². The lowest BCUT2D eigenvalue weighted by molar-refractivity contribution is -0.143. The maximum atomic E-state index is 13.4. The molecule has 5 rings (SSSR count). The van der Waals surface area contributed by atoms with Gasteiger partial charge in [-0.15, -0.1) is 0 Å². The van der Waals surface area contributed by atoms with Gasteiger partial charge in [0.25, 0.3) is 0 Å². The molecule has 0 radical (unpaired) electrons. The second-order valence-corrected chi connectivity index (χ2v) is 8.17. The lowest BCUT2D eigenvalue weighted by atomic mass is 9.84. The highest BCUT2D eigenvalue weighted by atomic mass is 16.6. The van der Waals surface area contributed by atoms with Gasteiger partial charge in [-0.2, -0.15) is 0 Å². The van der Waals surface area contributed by atoms with E-state index in [1.807, 2.05) is 0 Å². The molecule has 0 spiro atoms. The number of fused-ring (bicyclic) bond motifs is 3. The molecular formula is C27H20O9. The number of carbonyl (C=O) groups excluding carboxylic acids is 2. The van der Waals surface area contributed by atoms with Gasteiger partial charge in [0.1, 0.15) is 40.2 Å². The van der Waals surface area contributed by atoms with Crippen LogP contribution in [0.15, 0.2) is 70.1 Å². The zero-order valence-electron chi connectivity index (χ0n) is 19.0. The summed E-state index contributed by atoms with van der Waals surface area (Å²) in [7, 11) is 1.25. The molecule has 36 heavy (non-hydrogen) atoms. The fourth-order valence-corrected chi connectivity index (χ4v) is 4.33. The van der Waals surface area contributed by atoms with Crippen LogP contribution < -0.4 is 14.9 Å². The van der Waals surface area contributed by atoms with Crippen molar-refractivity contribution in [2.24, 2.45) is 0 Å². The molecule has 0 amide bonds. The predicted octanol–water partition coefficient (Wildman–Crippen LogP) is 3.86. The maximum Gasteiger partial charge on any atom is 0.343 e. The van der Waals surface area contributed by atoms with Gasteiger partial charge in [0.15, 0.2) is 6.61 Å². The van der Waals surface area contributed by atoms with Gasteiger partial charge in [0, 0.05) is 23.1 Å². The number of para-hydroxylation sites is 1. The van der Waals surface area contributed by atoms with E-state index in [1.165, 1.54) is 31.6 Å². The van der Waals surface area contributed by atoms with E-state index in [0.29, 0.717) is 22.4 Å². The van der Waals surface area contributed by atoms with E-state index in [1.54, 1.807) is 36.4 Å². The number of phenols is 2. The van der Waals surface area contributed by atoms with Crippen molar-refractivity contribution in [2.45, 2.75) is 12.3 Å². The topological polar surface area (TPSA) is 132 Å². The minimum atomic E-state index is -0.652. The molecule has 0 bridgehead atoms. The van der Waals surface area contributed by atoms with Crippen molar-refractivity contribution in [3.8, 4) is 34.1 Å². The molecule has 0 saturated carbocycles. The number of aromatic hydroxyl groups is 2. The van der Waals surface area contributed by atoms with E-state index in [-0.39, 0.29) is 41.1 Å². The molecule has 0 fully saturated rings. The maximum absolute atomic E-state index is 13.4. The molecule has 3 aromatic carbocycles. The van der Waals surface area contributed by atoms with Crippen LogP contribution in [0.4, 0.5) is 0 Å². The summed E-state index contributed by atoms with van der Waals surface area (Å²) in [5.74, 6) is -1.72. The fraction of sp³-hybridized carbons (Fsp3) is 0.148. The Kier molecular flexibility index (Phi) is 5.81. The van der Waals surface area contributed by atoms with Crippen LogP contribution in [0.25, 0.3) is 22.1 Å². The summed E-state index contributed by atoms with van der Waals surface area (Å²) in [6.07, 6.45) is 1.18. The van der Waals surface area contributed by atoms with E-state index >= 15 is 0 Å². The molecule has 1 aliphatic rings. The second-order valence-electron chi connectivity index (χ2n) is 8.17.